The Bertz CT molecular complexity index is 1170. The zero-order valence-electron chi connectivity index (χ0n) is 21.3. The van der Waals surface area contributed by atoms with Crippen LogP contribution in [0.1, 0.15) is 37.8 Å². The van der Waals surface area contributed by atoms with Crippen LogP contribution in [-0.4, -0.2) is 63.7 Å². The molecule has 1 atom stereocenters. The first kappa shape index (κ1) is 27.3. The second-order valence-corrected chi connectivity index (χ2v) is 10.8. The molecule has 10 heteroatoms. The summed E-state index contributed by atoms with van der Waals surface area (Å²) in [6.07, 6.45) is 1.51. The average molecular weight is 518 g/mol. The van der Waals surface area contributed by atoms with Crippen LogP contribution in [0.5, 0.6) is 11.5 Å². The zero-order valence-corrected chi connectivity index (χ0v) is 22.1. The predicted octanol–water partition coefficient (Wildman–Crippen LogP) is 2.87. The third-order valence-electron chi connectivity index (χ3n) is 5.96. The maximum atomic E-state index is 13.3. The molecule has 1 aliphatic heterocycles. The van der Waals surface area contributed by atoms with Crippen molar-refractivity contribution in [3.05, 3.63) is 53.6 Å². The number of benzene rings is 2. The summed E-state index contributed by atoms with van der Waals surface area (Å²) in [6.45, 7) is 7.22. The van der Waals surface area contributed by atoms with E-state index in [0.29, 0.717) is 36.9 Å². The minimum Gasteiger partial charge on any atom is -0.486 e. The zero-order chi connectivity index (χ0) is 26.3. The maximum absolute atomic E-state index is 13.3. The van der Waals surface area contributed by atoms with Crippen LogP contribution in [0.3, 0.4) is 0 Å². The van der Waals surface area contributed by atoms with E-state index in [9.17, 15) is 18.0 Å². The lowest BCUT2D eigenvalue weighted by atomic mass is 10.1. The van der Waals surface area contributed by atoms with Crippen LogP contribution in [0.2, 0.25) is 0 Å². The largest absolute Gasteiger partial charge is 0.486 e. The molecule has 0 bridgehead atoms. The van der Waals surface area contributed by atoms with Crippen molar-refractivity contribution in [1.29, 1.82) is 0 Å². The van der Waals surface area contributed by atoms with Gasteiger partial charge in [0.15, 0.2) is 11.5 Å². The van der Waals surface area contributed by atoms with Gasteiger partial charge in [0.2, 0.25) is 21.8 Å². The Kier molecular flexibility index (Phi) is 9.19. The normalized spacial score (nSPS) is 13.6. The molecule has 0 saturated heterocycles. The quantitative estimate of drug-likeness (QED) is 0.492. The lowest BCUT2D eigenvalue weighted by Gasteiger charge is -2.29. The molecule has 3 rings (SSSR count). The molecule has 1 aliphatic rings. The average Bonchev–Trinajstić information content (AvgIpc) is 2.85. The third-order valence-corrected chi connectivity index (χ3v) is 7.15. The van der Waals surface area contributed by atoms with Gasteiger partial charge < -0.3 is 19.7 Å². The number of nitrogens with zero attached hydrogens (tertiary/aromatic N) is 2. The molecular weight excluding hydrogens is 482 g/mol. The van der Waals surface area contributed by atoms with Gasteiger partial charge in [0.1, 0.15) is 19.3 Å². The van der Waals surface area contributed by atoms with E-state index < -0.39 is 16.1 Å². The first-order chi connectivity index (χ1) is 17.1. The van der Waals surface area contributed by atoms with Crippen LogP contribution in [-0.2, 0) is 26.2 Å². The van der Waals surface area contributed by atoms with Crippen molar-refractivity contribution in [3.63, 3.8) is 0 Å². The number of amides is 2. The molecule has 2 aromatic rings. The van der Waals surface area contributed by atoms with Crippen molar-refractivity contribution < 1.29 is 27.5 Å². The molecule has 0 spiro atoms. The van der Waals surface area contributed by atoms with Gasteiger partial charge in [-0.15, -0.1) is 0 Å². The Balaban J connectivity index is 1.72. The number of ether oxygens (including phenoxy) is 2. The SMILES string of the molecule is CCNC(=O)[C@H](C)N(Cc1ccc(C)cc1)C(=O)CCCN(c1ccc2c(c1)OCCO2)S(C)(=O)=O. The van der Waals surface area contributed by atoms with Gasteiger partial charge in [0.05, 0.1) is 11.9 Å². The Morgan fingerprint density at radius 2 is 1.72 bits per heavy atom. The molecule has 0 aromatic heterocycles. The molecule has 36 heavy (non-hydrogen) atoms. The Hall–Kier alpha value is -3.27. The third kappa shape index (κ3) is 7.13. The van der Waals surface area contributed by atoms with Crippen molar-refractivity contribution in [2.45, 2.75) is 46.2 Å². The van der Waals surface area contributed by atoms with E-state index in [0.717, 1.165) is 17.4 Å². The van der Waals surface area contributed by atoms with Crippen LogP contribution in [0.25, 0.3) is 0 Å². The molecule has 2 aromatic carbocycles. The number of hydrogen-bond acceptors (Lipinski definition) is 6. The fraction of sp³-hybridized carbons (Fsp3) is 0.462. The number of sulfonamides is 1. The monoisotopic (exact) mass is 517 g/mol. The molecule has 196 valence electrons. The summed E-state index contributed by atoms with van der Waals surface area (Å²) in [5.41, 5.74) is 2.47. The van der Waals surface area contributed by atoms with Crippen molar-refractivity contribution in [1.82, 2.24) is 10.2 Å². The smallest absolute Gasteiger partial charge is 0.242 e. The lowest BCUT2D eigenvalue weighted by Crippen LogP contribution is -2.47. The van der Waals surface area contributed by atoms with Gasteiger partial charge in [-0.1, -0.05) is 29.8 Å². The fourth-order valence-electron chi connectivity index (χ4n) is 3.99. The fourth-order valence-corrected chi connectivity index (χ4v) is 4.94. The maximum Gasteiger partial charge on any atom is 0.242 e. The number of likely N-dealkylation sites (N-methyl/N-ethyl adjacent to an activating group) is 1. The van der Waals surface area contributed by atoms with Crippen molar-refractivity contribution in [2.24, 2.45) is 0 Å². The molecule has 0 fully saturated rings. The highest BCUT2D eigenvalue weighted by Crippen LogP contribution is 2.34. The van der Waals surface area contributed by atoms with E-state index in [1.807, 2.05) is 38.1 Å². The second-order valence-electron chi connectivity index (χ2n) is 8.84. The summed E-state index contributed by atoms with van der Waals surface area (Å²) in [5, 5.41) is 2.77. The topological polar surface area (TPSA) is 105 Å². The van der Waals surface area contributed by atoms with Gasteiger partial charge in [0.25, 0.3) is 0 Å². The number of fused-ring (bicyclic) bond motifs is 1. The van der Waals surface area contributed by atoms with E-state index in [1.54, 1.807) is 30.0 Å². The molecule has 0 saturated carbocycles. The molecule has 2 amide bonds. The number of anilines is 1. The van der Waals surface area contributed by atoms with Gasteiger partial charge in [-0.05, 0) is 44.9 Å². The lowest BCUT2D eigenvalue weighted by molar-refractivity contribution is -0.140. The summed E-state index contributed by atoms with van der Waals surface area (Å²) < 4.78 is 37.5. The van der Waals surface area contributed by atoms with Gasteiger partial charge in [-0.2, -0.15) is 0 Å². The van der Waals surface area contributed by atoms with Gasteiger partial charge in [-0.3, -0.25) is 13.9 Å². The number of rotatable bonds is 11. The first-order valence-corrected chi connectivity index (χ1v) is 13.9. The van der Waals surface area contributed by atoms with Crippen LogP contribution in [0.15, 0.2) is 42.5 Å². The van der Waals surface area contributed by atoms with E-state index in [4.69, 9.17) is 9.47 Å². The van der Waals surface area contributed by atoms with E-state index in [1.165, 1.54) is 4.31 Å². The molecular formula is C26H35N3O6S. The minimum atomic E-state index is -3.60. The number of hydrogen-bond donors (Lipinski definition) is 1. The summed E-state index contributed by atoms with van der Waals surface area (Å²) in [4.78, 5) is 27.3. The molecule has 0 aliphatic carbocycles. The first-order valence-electron chi connectivity index (χ1n) is 12.1. The van der Waals surface area contributed by atoms with Gasteiger partial charge >= 0.3 is 0 Å². The standard InChI is InChI=1S/C26H35N3O6S/c1-5-27-26(31)20(3)28(18-21-10-8-19(2)9-11-21)25(30)7-6-14-29(36(4,32)33)22-12-13-23-24(17-22)35-16-15-34-23/h8-13,17,20H,5-7,14-16,18H2,1-4H3,(H,27,31)/t20-/m0/s1. The van der Waals surface area contributed by atoms with Crippen LogP contribution < -0.4 is 19.1 Å². The second kappa shape index (κ2) is 12.1. The Morgan fingerprint density at radius 3 is 2.36 bits per heavy atom. The Morgan fingerprint density at radius 1 is 1.06 bits per heavy atom. The minimum absolute atomic E-state index is 0.0895. The highest BCUT2D eigenvalue weighted by atomic mass is 32.2. The molecule has 1 N–H and O–H groups in total. The molecule has 1 heterocycles. The van der Waals surface area contributed by atoms with Gasteiger partial charge in [-0.25, -0.2) is 8.42 Å². The number of aryl methyl sites for hydroxylation is 1. The summed E-state index contributed by atoms with van der Waals surface area (Å²) >= 11 is 0. The van der Waals surface area contributed by atoms with E-state index in [2.05, 4.69) is 5.32 Å². The van der Waals surface area contributed by atoms with Gasteiger partial charge in [0, 0.05) is 32.1 Å². The van der Waals surface area contributed by atoms with E-state index >= 15 is 0 Å². The summed E-state index contributed by atoms with van der Waals surface area (Å²) in [5.74, 6) is 0.611. The highest BCUT2D eigenvalue weighted by Gasteiger charge is 2.26. The number of carbonyl (C=O) groups excluding carboxylic acids is 2. The van der Waals surface area contributed by atoms with Crippen molar-refractivity contribution in [3.8, 4) is 11.5 Å². The highest BCUT2D eigenvalue weighted by molar-refractivity contribution is 7.92. The number of carbonyl (C=O) groups is 2. The molecule has 0 radical (unpaired) electrons. The number of nitrogens with one attached hydrogen (secondary N) is 1. The Labute approximate surface area is 213 Å². The molecule has 9 nitrogen and oxygen atoms in total. The predicted molar refractivity (Wildman–Crippen MR) is 139 cm³/mol. The van der Waals surface area contributed by atoms with Crippen molar-refractivity contribution in [2.75, 3.05) is 36.9 Å². The van der Waals surface area contributed by atoms with E-state index in [-0.39, 0.29) is 37.7 Å². The summed E-state index contributed by atoms with van der Waals surface area (Å²) in [7, 11) is -3.60. The van der Waals surface area contributed by atoms with Crippen LogP contribution >= 0.6 is 0 Å². The van der Waals surface area contributed by atoms with Crippen molar-refractivity contribution >= 4 is 27.5 Å². The molecule has 0 unspecified atom stereocenters. The van der Waals surface area contributed by atoms with Crippen LogP contribution in [0, 0.1) is 6.92 Å². The van der Waals surface area contributed by atoms with Crippen LogP contribution in [0.4, 0.5) is 5.69 Å². The summed E-state index contributed by atoms with van der Waals surface area (Å²) in [6, 6.07) is 12.1.